The molecule has 158 valence electrons. The molecule has 0 saturated carbocycles. The first-order valence-electron chi connectivity index (χ1n) is 9.68. The van der Waals surface area contributed by atoms with Gasteiger partial charge in [-0.15, -0.1) is 16.8 Å². The van der Waals surface area contributed by atoms with Crippen LogP contribution in [0.15, 0.2) is 69.2 Å². The lowest BCUT2D eigenvalue weighted by Gasteiger charge is -2.12. The van der Waals surface area contributed by atoms with Crippen molar-refractivity contribution in [2.75, 3.05) is 11.1 Å². The first kappa shape index (κ1) is 21.4. The zero-order valence-electron chi connectivity index (χ0n) is 17.2. The summed E-state index contributed by atoms with van der Waals surface area (Å²) in [6, 6.07) is 13.7. The van der Waals surface area contributed by atoms with E-state index in [0.29, 0.717) is 23.3 Å². The number of amides is 1. The van der Waals surface area contributed by atoms with Crippen LogP contribution < -0.4 is 5.32 Å². The monoisotopic (exact) mass is 496 g/mol. The van der Waals surface area contributed by atoms with Gasteiger partial charge in [-0.3, -0.25) is 9.36 Å². The molecule has 0 atom stereocenters. The minimum atomic E-state index is -0.100. The van der Waals surface area contributed by atoms with E-state index < -0.39 is 0 Å². The van der Waals surface area contributed by atoms with Crippen molar-refractivity contribution in [3.63, 3.8) is 0 Å². The summed E-state index contributed by atoms with van der Waals surface area (Å²) in [7, 11) is 0. The minimum absolute atomic E-state index is 0.100. The molecule has 0 radical (unpaired) electrons. The van der Waals surface area contributed by atoms with Crippen molar-refractivity contribution in [2.45, 2.75) is 25.5 Å². The standard InChI is InChI=1S/C23H21BrN4O2S/c1-4-9-28-22(19-12-16-7-5-6-8-18(16)30-19)26-27-23(28)31-13-20(29)25-21-14(2)10-17(24)11-15(21)3/h4-8,10-12H,1,9,13H2,2-3H3,(H,25,29). The van der Waals surface area contributed by atoms with Crippen LogP contribution in [0, 0.1) is 13.8 Å². The molecular formula is C23H21BrN4O2S. The highest BCUT2D eigenvalue weighted by atomic mass is 79.9. The van der Waals surface area contributed by atoms with E-state index in [-0.39, 0.29) is 11.7 Å². The highest BCUT2D eigenvalue weighted by Crippen LogP contribution is 2.30. The van der Waals surface area contributed by atoms with Gasteiger partial charge in [0.05, 0.1) is 5.75 Å². The zero-order chi connectivity index (χ0) is 22.0. The lowest BCUT2D eigenvalue weighted by molar-refractivity contribution is -0.113. The number of carbonyl (C=O) groups is 1. The number of thioether (sulfide) groups is 1. The number of carbonyl (C=O) groups excluding carboxylic acids is 1. The molecule has 0 aliphatic carbocycles. The van der Waals surface area contributed by atoms with E-state index >= 15 is 0 Å². The second-order valence-electron chi connectivity index (χ2n) is 7.11. The normalized spacial score (nSPS) is 11.1. The third kappa shape index (κ3) is 4.60. The number of hydrogen-bond acceptors (Lipinski definition) is 5. The van der Waals surface area contributed by atoms with Crippen LogP contribution in [0.5, 0.6) is 0 Å². The van der Waals surface area contributed by atoms with E-state index in [4.69, 9.17) is 4.42 Å². The Kier molecular flexibility index (Phi) is 6.29. The summed E-state index contributed by atoms with van der Waals surface area (Å²) in [5, 5.41) is 13.2. The summed E-state index contributed by atoms with van der Waals surface area (Å²) >= 11 is 4.81. The highest BCUT2D eigenvalue weighted by molar-refractivity contribution is 9.10. The number of halogens is 1. The minimum Gasteiger partial charge on any atom is -0.453 e. The number of fused-ring (bicyclic) bond motifs is 1. The second kappa shape index (κ2) is 9.11. The van der Waals surface area contributed by atoms with Gasteiger partial charge in [0, 0.05) is 22.1 Å². The van der Waals surface area contributed by atoms with Gasteiger partial charge in [0.15, 0.2) is 10.9 Å². The molecule has 8 heteroatoms. The Hall–Kier alpha value is -2.84. The van der Waals surface area contributed by atoms with Crippen molar-refractivity contribution in [2.24, 2.45) is 0 Å². The van der Waals surface area contributed by atoms with E-state index in [1.165, 1.54) is 11.8 Å². The Morgan fingerprint density at radius 1 is 1.23 bits per heavy atom. The van der Waals surface area contributed by atoms with Crippen LogP contribution in [0.25, 0.3) is 22.6 Å². The quantitative estimate of drug-likeness (QED) is 0.251. The zero-order valence-corrected chi connectivity index (χ0v) is 19.6. The van der Waals surface area contributed by atoms with Crippen LogP contribution in [-0.2, 0) is 11.3 Å². The Morgan fingerprint density at radius 2 is 1.97 bits per heavy atom. The van der Waals surface area contributed by atoms with Crippen LogP contribution in [0.1, 0.15) is 11.1 Å². The summed E-state index contributed by atoms with van der Waals surface area (Å²) in [5.74, 6) is 1.35. The number of nitrogens with one attached hydrogen (secondary N) is 1. The second-order valence-corrected chi connectivity index (χ2v) is 8.96. The maximum atomic E-state index is 12.6. The summed E-state index contributed by atoms with van der Waals surface area (Å²) in [6.07, 6.45) is 1.77. The van der Waals surface area contributed by atoms with Gasteiger partial charge in [0.1, 0.15) is 5.58 Å². The van der Waals surface area contributed by atoms with Gasteiger partial charge in [-0.1, -0.05) is 52.0 Å². The van der Waals surface area contributed by atoms with Gasteiger partial charge in [-0.25, -0.2) is 0 Å². The molecule has 6 nitrogen and oxygen atoms in total. The number of furan rings is 1. The average molecular weight is 497 g/mol. The number of rotatable bonds is 7. The number of aromatic nitrogens is 3. The van der Waals surface area contributed by atoms with Crippen molar-refractivity contribution < 1.29 is 9.21 Å². The molecule has 2 aromatic heterocycles. The van der Waals surface area contributed by atoms with Gasteiger partial charge >= 0.3 is 0 Å². The number of nitrogens with zero attached hydrogens (tertiary/aromatic N) is 3. The van der Waals surface area contributed by atoms with E-state index in [0.717, 1.165) is 32.3 Å². The molecule has 0 spiro atoms. The van der Waals surface area contributed by atoms with E-state index in [1.807, 2.05) is 60.9 Å². The van der Waals surface area contributed by atoms with Crippen molar-refractivity contribution in [1.82, 2.24) is 14.8 Å². The Morgan fingerprint density at radius 3 is 2.68 bits per heavy atom. The van der Waals surface area contributed by atoms with Crippen molar-refractivity contribution in [3.05, 3.63) is 70.7 Å². The van der Waals surface area contributed by atoms with Gasteiger partial charge in [-0.05, 0) is 49.2 Å². The molecule has 1 amide bonds. The van der Waals surface area contributed by atoms with Gasteiger partial charge in [0.2, 0.25) is 11.7 Å². The SMILES string of the molecule is C=CCn1c(SCC(=O)Nc2c(C)cc(Br)cc2C)nnc1-c1cc2ccccc2o1. The lowest BCUT2D eigenvalue weighted by Crippen LogP contribution is -2.16. The molecule has 2 heterocycles. The Bertz CT molecular complexity index is 1220. The Balaban J connectivity index is 1.52. The number of aryl methyl sites for hydroxylation is 2. The van der Waals surface area contributed by atoms with Crippen LogP contribution in [-0.4, -0.2) is 26.4 Å². The number of allylic oxidation sites excluding steroid dienone is 1. The molecule has 0 fully saturated rings. The molecule has 4 aromatic rings. The maximum Gasteiger partial charge on any atom is 0.234 e. The first-order chi connectivity index (χ1) is 15.0. The molecule has 0 saturated heterocycles. The number of para-hydroxylation sites is 1. The fraction of sp³-hybridized carbons (Fsp3) is 0.174. The third-order valence-electron chi connectivity index (χ3n) is 4.77. The van der Waals surface area contributed by atoms with Crippen LogP contribution >= 0.6 is 27.7 Å². The summed E-state index contributed by atoms with van der Waals surface area (Å²) < 4.78 is 8.84. The highest BCUT2D eigenvalue weighted by Gasteiger charge is 2.18. The fourth-order valence-corrected chi connectivity index (χ4v) is 4.81. The third-order valence-corrected chi connectivity index (χ3v) is 6.19. The number of anilines is 1. The maximum absolute atomic E-state index is 12.6. The van der Waals surface area contributed by atoms with Crippen LogP contribution in [0.4, 0.5) is 5.69 Å². The van der Waals surface area contributed by atoms with E-state index in [9.17, 15) is 4.79 Å². The molecule has 0 aliphatic heterocycles. The van der Waals surface area contributed by atoms with Gasteiger partial charge < -0.3 is 9.73 Å². The molecule has 1 N–H and O–H groups in total. The van der Waals surface area contributed by atoms with E-state index in [2.05, 4.69) is 38.0 Å². The number of hydrogen-bond donors (Lipinski definition) is 1. The van der Waals surface area contributed by atoms with Crippen LogP contribution in [0.2, 0.25) is 0 Å². The van der Waals surface area contributed by atoms with Crippen molar-refractivity contribution in [1.29, 1.82) is 0 Å². The lowest BCUT2D eigenvalue weighted by atomic mass is 10.1. The number of benzene rings is 2. The van der Waals surface area contributed by atoms with Crippen molar-refractivity contribution >= 4 is 50.3 Å². The topological polar surface area (TPSA) is 73.0 Å². The molecule has 31 heavy (non-hydrogen) atoms. The molecule has 4 rings (SSSR count). The molecular weight excluding hydrogens is 476 g/mol. The molecule has 0 aliphatic rings. The Labute approximate surface area is 192 Å². The largest absolute Gasteiger partial charge is 0.453 e. The van der Waals surface area contributed by atoms with Crippen LogP contribution in [0.3, 0.4) is 0 Å². The summed E-state index contributed by atoms with van der Waals surface area (Å²) in [6.45, 7) is 8.29. The predicted octanol–water partition coefficient (Wildman–Crippen LogP) is 5.99. The summed E-state index contributed by atoms with van der Waals surface area (Å²) in [5.41, 5.74) is 3.64. The van der Waals surface area contributed by atoms with E-state index in [1.54, 1.807) is 6.08 Å². The molecule has 2 aromatic carbocycles. The fourth-order valence-electron chi connectivity index (χ4n) is 3.38. The average Bonchev–Trinajstić information content (AvgIpc) is 3.33. The van der Waals surface area contributed by atoms with Crippen molar-refractivity contribution in [3.8, 4) is 11.6 Å². The summed E-state index contributed by atoms with van der Waals surface area (Å²) in [4.78, 5) is 12.6. The smallest absolute Gasteiger partial charge is 0.234 e. The molecule has 0 unspecified atom stereocenters. The van der Waals surface area contributed by atoms with Gasteiger partial charge in [-0.2, -0.15) is 0 Å². The molecule has 0 bridgehead atoms. The predicted molar refractivity (Wildman–Crippen MR) is 128 cm³/mol. The first-order valence-corrected chi connectivity index (χ1v) is 11.5. The van der Waals surface area contributed by atoms with Gasteiger partial charge in [0.25, 0.3) is 0 Å².